The minimum Gasteiger partial charge on any atom is -0.329 e. The average Bonchev–Trinajstić information content (AvgIpc) is 2.22. The molecule has 1 aliphatic rings. The summed E-state index contributed by atoms with van der Waals surface area (Å²) in [5.74, 6) is 0. The van der Waals surface area contributed by atoms with Crippen LogP contribution in [-0.2, 0) is 0 Å². The normalized spacial score (nSPS) is 27.2. The number of rotatable bonds is 4. The Kier molecular flexibility index (Phi) is 4.55. The molecule has 0 spiro atoms. The van der Waals surface area contributed by atoms with Crippen LogP contribution in [0.5, 0.6) is 0 Å². The Morgan fingerprint density at radius 3 is 1.83 bits per heavy atom. The topological polar surface area (TPSA) is 29.3 Å². The van der Waals surface area contributed by atoms with E-state index in [1.165, 1.54) is 25.7 Å². The molecule has 2 nitrogen and oxygen atoms in total. The molecule has 0 saturated heterocycles. The molecule has 0 aromatic carbocycles. The van der Waals surface area contributed by atoms with Gasteiger partial charge in [-0.15, -0.1) is 0 Å². The third-order valence-electron chi connectivity index (χ3n) is 4.95. The van der Waals surface area contributed by atoms with Crippen molar-refractivity contribution in [1.29, 1.82) is 0 Å². The fourth-order valence-corrected chi connectivity index (χ4v) is 4.54. The Morgan fingerprint density at radius 2 is 1.50 bits per heavy atom. The molecule has 1 rings (SSSR count). The van der Waals surface area contributed by atoms with E-state index in [-0.39, 0.29) is 5.54 Å². The molecule has 2 heteroatoms. The van der Waals surface area contributed by atoms with Crippen molar-refractivity contribution in [3.05, 3.63) is 0 Å². The Bertz CT molecular complexity index is 265. The maximum absolute atomic E-state index is 6.23. The molecule has 0 bridgehead atoms. The summed E-state index contributed by atoms with van der Waals surface area (Å²) in [6.07, 6.45) is 4.94. The summed E-state index contributed by atoms with van der Waals surface area (Å²) in [5, 5.41) is 0. The molecule has 0 radical (unpaired) electrons. The van der Waals surface area contributed by atoms with Gasteiger partial charge >= 0.3 is 0 Å². The van der Waals surface area contributed by atoms with Gasteiger partial charge in [-0.05, 0) is 50.5 Å². The van der Waals surface area contributed by atoms with Crippen molar-refractivity contribution in [2.75, 3.05) is 13.6 Å². The zero-order valence-corrected chi connectivity index (χ0v) is 13.6. The molecule has 1 fully saturated rings. The Labute approximate surface area is 114 Å². The second-order valence-electron chi connectivity index (χ2n) is 8.16. The van der Waals surface area contributed by atoms with E-state index in [2.05, 4.69) is 53.5 Å². The molecule has 0 amide bonds. The third kappa shape index (κ3) is 3.27. The van der Waals surface area contributed by atoms with E-state index in [4.69, 9.17) is 5.73 Å². The number of nitrogens with zero attached hydrogens (tertiary/aromatic N) is 1. The second kappa shape index (κ2) is 5.13. The molecule has 1 aliphatic carbocycles. The number of likely N-dealkylation sites (N-methyl/N-ethyl adjacent to an activating group) is 1. The molecule has 1 unspecified atom stereocenters. The first-order chi connectivity index (χ1) is 8.07. The fourth-order valence-electron chi connectivity index (χ4n) is 4.54. The van der Waals surface area contributed by atoms with E-state index in [1.807, 2.05) is 0 Å². The van der Waals surface area contributed by atoms with Crippen molar-refractivity contribution in [2.45, 2.75) is 78.8 Å². The molecule has 0 aromatic heterocycles. The zero-order chi connectivity index (χ0) is 14.2. The Balaban J connectivity index is 3.05. The first-order valence-electron chi connectivity index (χ1n) is 7.50. The molecule has 0 heterocycles. The van der Waals surface area contributed by atoms with Crippen molar-refractivity contribution < 1.29 is 0 Å². The van der Waals surface area contributed by atoms with Gasteiger partial charge in [0.2, 0.25) is 0 Å². The minimum absolute atomic E-state index is 0.181. The van der Waals surface area contributed by atoms with E-state index in [9.17, 15) is 0 Å². The van der Waals surface area contributed by atoms with Gasteiger partial charge in [0.05, 0.1) is 0 Å². The monoisotopic (exact) mass is 254 g/mol. The highest BCUT2D eigenvalue weighted by atomic mass is 15.2. The maximum Gasteiger partial charge on any atom is 0.0341 e. The lowest BCUT2D eigenvalue weighted by Gasteiger charge is -2.56. The summed E-state index contributed by atoms with van der Waals surface area (Å²) in [5.41, 5.74) is 7.20. The van der Waals surface area contributed by atoms with Gasteiger partial charge < -0.3 is 5.73 Å². The molecule has 18 heavy (non-hydrogen) atoms. The van der Waals surface area contributed by atoms with Gasteiger partial charge in [-0.25, -0.2) is 0 Å². The van der Waals surface area contributed by atoms with Gasteiger partial charge in [0.15, 0.2) is 0 Å². The standard InChI is InChI=1S/C16H34N2/c1-8-13(2)18(7)16(12-17)10-14(3,4)9-15(5,6)11-16/h13H,8-12,17H2,1-7H3. The van der Waals surface area contributed by atoms with Crippen molar-refractivity contribution >= 4 is 0 Å². The van der Waals surface area contributed by atoms with Crippen molar-refractivity contribution in [3.63, 3.8) is 0 Å². The predicted octanol–water partition coefficient (Wildman–Crippen LogP) is 3.65. The zero-order valence-electron chi connectivity index (χ0n) is 13.6. The van der Waals surface area contributed by atoms with Crippen LogP contribution in [0.2, 0.25) is 0 Å². The minimum atomic E-state index is 0.181. The smallest absolute Gasteiger partial charge is 0.0341 e. The first kappa shape index (κ1) is 16.0. The van der Waals surface area contributed by atoms with Crippen molar-refractivity contribution in [2.24, 2.45) is 16.6 Å². The summed E-state index contributed by atoms with van der Waals surface area (Å²) in [4.78, 5) is 2.57. The highest BCUT2D eigenvalue weighted by Gasteiger charge is 2.49. The van der Waals surface area contributed by atoms with Crippen LogP contribution in [0.15, 0.2) is 0 Å². The molecule has 0 aromatic rings. The number of nitrogens with two attached hydrogens (primary N) is 1. The lowest BCUT2D eigenvalue weighted by molar-refractivity contribution is -0.0475. The largest absolute Gasteiger partial charge is 0.329 e. The van der Waals surface area contributed by atoms with Crippen LogP contribution < -0.4 is 5.73 Å². The lowest BCUT2D eigenvalue weighted by Crippen LogP contribution is -2.61. The van der Waals surface area contributed by atoms with Gasteiger partial charge in [-0.1, -0.05) is 34.6 Å². The van der Waals surface area contributed by atoms with Gasteiger partial charge in [-0.3, -0.25) is 4.90 Å². The fraction of sp³-hybridized carbons (Fsp3) is 1.00. The Morgan fingerprint density at radius 1 is 1.06 bits per heavy atom. The molecular formula is C16H34N2. The quantitative estimate of drug-likeness (QED) is 0.830. The lowest BCUT2D eigenvalue weighted by atomic mass is 9.57. The van der Waals surface area contributed by atoms with E-state index >= 15 is 0 Å². The van der Waals surface area contributed by atoms with Gasteiger partial charge in [-0.2, -0.15) is 0 Å². The molecule has 2 N–H and O–H groups in total. The van der Waals surface area contributed by atoms with Gasteiger partial charge in [0.1, 0.15) is 0 Å². The van der Waals surface area contributed by atoms with Gasteiger partial charge in [0, 0.05) is 18.1 Å². The molecule has 108 valence electrons. The van der Waals surface area contributed by atoms with Crippen LogP contribution in [0.3, 0.4) is 0 Å². The number of hydrogen-bond acceptors (Lipinski definition) is 2. The van der Waals surface area contributed by atoms with Gasteiger partial charge in [0.25, 0.3) is 0 Å². The van der Waals surface area contributed by atoms with Crippen LogP contribution in [0, 0.1) is 10.8 Å². The third-order valence-corrected chi connectivity index (χ3v) is 4.95. The summed E-state index contributed by atoms with van der Waals surface area (Å²) in [6.45, 7) is 15.0. The maximum atomic E-state index is 6.23. The van der Waals surface area contributed by atoms with Crippen LogP contribution >= 0.6 is 0 Å². The molecular weight excluding hydrogens is 220 g/mol. The van der Waals surface area contributed by atoms with Crippen molar-refractivity contribution in [3.8, 4) is 0 Å². The van der Waals surface area contributed by atoms with E-state index in [1.54, 1.807) is 0 Å². The van der Waals surface area contributed by atoms with E-state index in [0.717, 1.165) is 6.54 Å². The van der Waals surface area contributed by atoms with Crippen LogP contribution in [0.25, 0.3) is 0 Å². The summed E-state index contributed by atoms with van der Waals surface area (Å²) in [7, 11) is 2.28. The molecule has 1 atom stereocenters. The SMILES string of the molecule is CCC(C)N(C)C1(CN)CC(C)(C)CC(C)(C)C1. The average molecular weight is 254 g/mol. The van der Waals surface area contributed by atoms with Crippen molar-refractivity contribution in [1.82, 2.24) is 4.90 Å². The van der Waals surface area contributed by atoms with Crippen LogP contribution in [0.1, 0.15) is 67.2 Å². The Hall–Kier alpha value is -0.0800. The van der Waals surface area contributed by atoms with Crippen LogP contribution in [-0.4, -0.2) is 30.1 Å². The second-order valence-corrected chi connectivity index (χ2v) is 8.16. The van der Waals surface area contributed by atoms with E-state index < -0.39 is 0 Å². The highest BCUT2D eigenvalue weighted by Crippen LogP contribution is 2.52. The molecule has 1 saturated carbocycles. The van der Waals surface area contributed by atoms with Crippen LogP contribution in [0.4, 0.5) is 0 Å². The highest BCUT2D eigenvalue weighted by molar-refractivity contribution is 5.04. The number of hydrogen-bond donors (Lipinski definition) is 1. The summed E-state index contributed by atoms with van der Waals surface area (Å²) >= 11 is 0. The first-order valence-corrected chi connectivity index (χ1v) is 7.50. The summed E-state index contributed by atoms with van der Waals surface area (Å²) in [6, 6.07) is 0.609. The van der Waals surface area contributed by atoms with E-state index in [0.29, 0.717) is 16.9 Å². The summed E-state index contributed by atoms with van der Waals surface area (Å²) < 4.78 is 0. The predicted molar refractivity (Wildman–Crippen MR) is 80.7 cm³/mol. The molecule has 0 aliphatic heterocycles.